The number of aryl methyl sites for hydroxylation is 1. The number of aromatic nitrogens is 1. The first kappa shape index (κ1) is 19.6. The maximum absolute atomic E-state index is 5.45. The van der Waals surface area contributed by atoms with Gasteiger partial charge in [-0.15, -0.1) is 0 Å². The highest BCUT2D eigenvalue weighted by atomic mass is 32.2. The number of thioether (sulfide) groups is 1. The van der Waals surface area contributed by atoms with E-state index in [2.05, 4.69) is 47.6 Å². The number of nitrogens with one attached hydrogen (secondary N) is 2. The van der Waals surface area contributed by atoms with Crippen LogP contribution in [0.5, 0.6) is 5.75 Å². The molecule has 23 heavy (non-hydrogen) atoms. The van der Waals surface area contributed by atoms with Crippen molar-refractivity contribution >= 4 is 17.7 Å². The zero-order chi connectivity index (χ0) is 17.5. The minimum Gasteiger partial charge on any atom is -0.496 e. The van der Waals surface area contributed by atoms with E-state index in [1.54, 1.807) is 7.11 Å². The Morgan fingerprint density at radius 3 is 2.61 bits per heavy atom. The Labute approximate surface area is 144 Å². The van der Waals surface area contributed by atoms with E-state index in [9.17, 15) is 0 Å². The van der Waals surface area contributed by atoms with Crippen LogP contribution in [0.25, 0.3) is 0 Å². The van der Waals surface area contributed by atoms with Crippen LogP contribution in [0.15, 0.2) is 11.2 Å². The Morgan fingerprint density at radius 2 is 2.04 bits per heavy atom. The van der Waals surface area contributed by atoms with Gasteiger partial charge in [-0.25, -0.2) is 4.99 Å². The standard InChI is InChI=1S/C17H30N4OS/c1-8-18-16(21-11-17(4,5)23-7)20-10-14-13(3)15(22-6)12(2)9-19-14/h9H,8,10-11H2,1-7H3,(H2,18,20,21). The average molecular weight is 339 g/mol. The first-order valence-electron chi connectivity index (χ1n) is 7.91. The van der Waals surface area contributed by atoms with E-state index in [1.807, 2.05) is 31.8 Å². The van der Waals surface area contributed by atoms with Gasteiger partial charge in [0.05, 0.1) is 19.3 Å². The topological polar surface area (TPSA) is 58.5 Å². The van der Waals surface area contributed by atoms with Gasteiger partial charge in [0.15, 0.2) is 5.96 Å². The molecule has 6 heteroatoms. The molecule has 0 saturated heterocycles. The van der Waals surface area contributed by atoms with Crippen LogP contribution in [-0.4, -0.2) is 42.1 Å². The quantitative estimate of drug-likeness (QED) is 0.591. The lowest BCUT2D eigenvalue weighted by Gasteiger charge is -2.23. The molecule has 0 fully saturated rings. The van der Waals surface area contributed by atoms with E-state index >= 15 is 0 Å². The number of hydrogen-bond acceptors (Lipinski definition) is 4. The van der Waals surface area contributed by atoms with Crippen molar-refractivity contribution in [2.24, 2.45) is 4.99 Å². The van der Waals surface area contributed by atoms with Gasteiger partial charge in [-0.2, -0.15) is 11.8 Å². The Balaban J connectivity index is 2.85. The Hall–Kier alpha value is -1.43. The molecule has 1 heterocycles. The van der Waals surface area contributed by atoms with Gasteiger partial charge < -0.3 is 15.4 Å². The molecule has 0 aliphatic heterocycles. The first-order valence-corrected chi connectivity index (χ1v) is 9.13. The molecule has 0 radical (unpaired) electrons. The number of pyridine rings is 1. The smallest absolute Gasteiger partial charge is 0.191 e. The Bertz CT molecular complexity index is 544. The summed E-state index contributed by atoms with van der Waals surface area (Å²) in [6, 6.07) is 0. The number of rotatable bonds is 7. The fraction of sp³-hybridized carbons (Fsp3) is 0.647. The first-order chi connectivity index (χ1) is 10.8. The van der Waals surface area contributed by atoms with Crippen LogP contribution < -0.4 is 15.4 Å². The molecule has 0 unspecified atom stereocenters. The van der Waals surface area contributed by atoms with Crippen LogP contribution in [0.4, 0.5) is 0 Å². The fourth-order valence-corrected chi connectivity index (χ4v) is 2.31. The number of nitrogens with zero attached hydrogens (tertiary/aromatic N) is 2. The van der Waals surface area contributed by atoms with Crippen LogP contribution in [0, 0.1) is 13.8 Å². The average Bonchev–Trinajstić information content (AvgIpc) is 2.52. The number of guanidine groups is 1. The zero-order valence-electron chi connectivity index (χ0n) is 15.4. The molecule has 0 aliphatic rings. The summed E-state index contributed by atoms with van der Waals surface area (Å²) in [5, 5.41) is 6.68. The normalized spacial score (nSPS) is 12.2. The molecular weight excluding hydrogens is 308 g/mol. The SMILES string of the molecule is CCNC(=NCc1ncc(C)c(OC)c1C)NCC(C)(C)SC. The molecule has 0 saturated carbocycles. The van der Waals surface area contributed by atoms with Crippen molar-refractivity contribution in [1.29, 1.82) is 0 Å². The second kappa shape index (κ2) is 9.01. The third-order valence-electron chi connectivity index (χ3n) is 3.72. The maximum atomic E-state index is 5.45. The summed E-state index contributed by atoms with van der Waals surface area (Å²) in [5.74, 6) is 1.71. The molecule has 0 spiro atoms. The summed E-state index contributed by atoms with van der Waals surface area (Å²) in [4.78, 5) is 9.15. The summed E-state index contributed by atoms with van der Waals surface area (Å²) < 4.78 is 5.62. The number of hydrogen-bond donors (Lipinski definition) is 2. The van der Waals surface area contributed by atoms with Crippen molar-refractivity contribution in [2.75, 3.05) is 26.5 Å². The van der Waals surface area contributed by atoms with E-state index in [4.69, 9.17) is 4.74 Å². The summed E-state index contributed by atoms with van der Waals surface area (Å²) in [6.45, 7) is 12.7. The summed E-state index contributed by atoms with van der Waals surface area (Å²) in [6.07, 6.45) is 3.96. The number of methoxy groups -OCH3 is 1. The Morgan fingerprint density at radius 1 is 1.35 bits per heavy atom. The summed E-state index contributed by atoms with van der Waals surface area (Å²) in [5.41, 5.74) is 3.04. The predicted molar refractivity (Wildman–Crippen MR) is 101 cm³/mol. The highest BCUT2D eigenvalue weighted by Gasteiger charge is 2.16. The van der Waals surface area contributed by atoms with E-state index in [1.165, 1.54) is 0 Å². The van der Waals surface area contributed by atoms with Gasteiger partial charge >= 0.3 is 0 Å². The highest BCUT2D eigenvalue weighted by Crippen LogP contribution is 2.24. The number of ether oxygens (including phenoxy) is 1. The molecule has 0 aromatic carbocycles. The van der Waals surface area contributed by atoms with Crippen molar-refractivity contribution in [3.8, 4) is 5.75 Å². The molecule has 0 bridgehead atoms. The van der Waals surface area contributed by atoms with Crippen LogP contribution in [0.2, 0.25) is 0 Å². The van der Waals surface area contributed by atoms with Gasteiger partial charge in [-0.05, 0) is 40.9 Å². The van der Waals surface area contributed by atoms with Crippen LogP contribution >= 0.6 is 11.8 Å². The largest absolute Gasteiger partial charge is 0.496 e. The van der Waals surface area contributed by atoms with Crippen molar-refractivity contribution in [1.82, 2.24) is 15.6 Å². The van der Waals surface area contributed by atoms with E-state index < -0.39 is 0 Å². The molecule has 0 atom stereocenters. The third kappa shape index (κ3) is 5.94. The summed E-state index contributed by atoms with van der Waals surface area (Å²) >= 11 is 1.84. The van der Waals surface area contributed by atoms with Gasteiger partial charge in [0, 0.05) is 35.2 Å². The maximum Gasteiger partial charge on any atom is 0.191 e. The molecule has 0 amide bonds. The minimum atomic E-state index is 0.164. The zero-order valence-corrected chi connectivity index (χ0v) is 16.2. The van der Waals surface area contributed by atoms with Crippen LogP contribution in [0.1, 0.15) is 37.6 Å². The van der Waals surface area contributed by atoms with E-state index in [-0.39, 0.29) is 4.75 Å². The lowest BCUT2D eigenvalue weighted by molar-refractivity contribution is 0.407. The molecule has 5 nitrogen and oxygen atoms in total. The molecule has 1 aromatic rings. The lowest BCUT2D eigenvalue weighted by atomic mass is 10.1. The molecule has 1 aromatic heterocycles. The second-order valence-corrected chi connectivity index (χ2v) is 7.57. The van der Waals surface area contributed by atoms with Gasteiger partial charge in [0.25, 0.3) is 0 Å². The molecule has 0 aliphatic carbocycles. The van der Waals surface area contributed by atoms with Crippen LogP contribution in [-0.2, 0) is 6.54 Å². The van der Waals surface area contributed by atoms with E-state index in [0.29, 0.717) is 6.54 Å². The van der Waals surface area contributed by atoms with Gasteiger partial charge in [-0.3, -0.25) is 4.98 Å². The lowest BCUT2D eigenvalue weighted by Crippen LogP contribution is -2.43. The predicted octanol–water partition coefficient (Wildman–Crippen LogP) is 2.90. The summed E-state index contributed by atoms with van der Waals surface area (Å²) in [7, 11) is 1.69. The second-order valence-electron chi connectivity index (χ2n) is 6.06. The Kier molecular flexibility index (Phi) is 7.68. The van der Waals surface area contributed by atoms with Crippen molar-refractivity contribution in [3.05, 3.63) is 23.0 Å². The fourth-order valence-electron chi connectivity index (χ4n) is 2.09. The molecule has 1 rings (SSSR count). The van der Waals surface area contributed by atoms with Crippen molar-refractivity contribution in [2.45, 2.75) is 45.9 Å². The third-order valence-corrected chi connectivity index (χ3v) is 4.96. The van der Waals surface area contributed by atoms with Crippen LogP contribution in [0.3, 0.4) is 0 Å². The molecule has 130 valence electrons. The molecule has 2 N–H and O–H groups in total. The van der Waals surface area contributed by atoms with Crippen molar-refractivity contribution in [3.63, 3.8) is 0 Å². The van der Waals surface area contributed by atoms with Gasteiger partial charge in [0.2, 0.25) is 0 Å². The minimum absolute atomic E-state index is 0.164. The van der Waals surface area contributed by atoms with E-state index in [0.717, 1.165) is 41.6 Å². The van der Waals surface area contributed by atoms with Gasteiger partial charge in [-0.1, -0.05) is 0 Å². The highest BCUT2D eigenvalue weighted by molar-refractivity contribution is 7.99. The van der Waals surface area contributed by atoms with Gasteiger partial charge in [0.1, 0.15) is 5.75 Å². The molecular formula is C17H30N4OS. The number of aliphatic imine (C=N–C) groups is 1. The van der Waals surface area contributed by atoms with Crippen molar-refractivity contribution < 1.29 is 4.74 Å². The monoisotopic (exact) mass is 338 g/mol.